The van der Waals surface area contributed by atoms with Crippen LogP contribution in [0.3, 0.4) is 0 Å². The van der Waals surface area contributed by atoms with Crippen molar-refractivity contribution in [2.75, 3.05) is 0 Å². The summed E-state index contributed by atoms with van der Waals surface area (Å²) in [5, 5.41) is 10.2. The summed E-state index contributed by atoms with van der Waals surface area (Å²) < 4.78 is 43.3. The first-order valence-corrected chi connectivity index (χ1v) is 8.09. The number of hydrogen-bond donors (Lipinski definition) is 1. The molecule has 1 N–H and O–H groups in total. The molecule has 0 bridgehead atoms. The topological polar surface area (TPSA) is 67.5 Å². The van der Waals surface area contributed by atoms with Crippen LogP contribution in [0.25, 0.3) is 22.1 Å². The number of rotatable bonds is 1. The molecule has 27 heavy (non-hydrogen) atoms. The van der Waals surface area contributed by atoms with Gasteiger partial charge in [-0.1, -0.05) is 38.1 Å². The summed E-state index contributed by atoms with van der Waals surface area (Å²) in [6.07, 6.45) is -5.30. The molecule has 7 heteroatoms. The van der Waals surface area contributed by atoms with E-state index < -0.39 is 34.3 Å². The molecule has 0 saturated carbocycles. The zero-order valence-electron chi connectivity index (χ0n) is 14.3. The van der Waals surface area contributed by atoms with Crippen LogP contribution in [0, 0.1) is 0 Å². The lowest BCUT2D eigenvalue weighted by Crippen LogP contribution is -2.28. The third-order valence-electron chi connectivity index (χ3n) is 5.07. The van der Waals surface area contributed by atoms with Gasteiger partial charge in [0.05, 0.1) is 5.39 Å². The van der Waals surface area contributed by atoms with Crippen molar-refractivity contribution in [2.45, 2.75) is 25.4 Å². The van der Waals surface area contributed by atoms with Crippen LogP contribution >= 0.6 is 0 Å². The average molecular weight is 374 g/mol. The molecule has 1 aromatic heterocycles. The zero-order valence-corrected chi connectivity index (χ0v) is 14.3. The molecule has 2 aromatic carbocycles. The Kier molecular flexibility index (Phi) is 3.35. The Balaban J connectivity index is 2.06. The van der Waals surface area contributed by atoms with Crippen molar-refractivity contribution in [3.63, 3.8) is 0 Å². The first-order chi connectivity index (χ1) is 12.5. The van der Waals surface area contributed by atoms with Crippen LogP contribution in [-0.4, -0.2) is 17.1 Å². The highest BCUT2D eigenvalue weighted by atomic mass is 19.4. The predicted molar refractivity (Wildman–Crippen MR) is 92.1 cm³/mol. The van der Waals surface area contributed by atoms with E-state index in [0.717, 1.165) is 22.3 Å². The van der Waals surface area contributed by atoms with E-state index in [-0.39, 0.29) is 11.0 Å². The van der Waals surface area contributed by atoms with Gasteiger partial charge in [0.25, 0.3) is 5.78 Å². The van der Waals surface area contributed by atoms with Gasteiger partial charge in [0, 0.05) is 5.41 Å². The molecule has 1 aliphatic carbocycles. The number of carbonyl (C=O) groups is 1. The third-order valence-corrected chi connectivity index (χ3v) is 5.07. The van der Waals surface area contributed by atoms with Gasteiger partial charge in [0.15, 0.2) is 5.56 Å². The van der Waals surface area contributed by atoms with Crippen molar-refractivity contribution in [1.82, 2.24) is 0 Å². The van der Waals surface area contributed by atoms with Crippen molar-refractivity contribution in [1.29, 1.82) is 0 Å². The number of hydrogen-bond acceptors (Lipinski definition) is 4. The fraction of sp³-hybridized carbons (Fsp3) is 0.200. The number of aromatic hydroxyl groups is 1. The highest BCUT2D eigenvalue weighted by molar-refractivity contribution is 6.06. The third kappa shape index (κ3) is 2.31. The lowest BCUT2D eigenvalue weighted by Gasteiger charge is -2.21. The smallest absolute Gasteiger partial charge is 0.455 e. The van der Waals surface area contributed by atoms with Crippen molar-refractivity contribution < 1.29 is 27.5 Å². The number of alkyl halides is 3. The van der Waals surface area contributed by atoms with E-state index >= 15 is 0 Å². The maximum Gasteiger partial charge on any atom is 0.455 e. The minimum Gasteiger partial charge on any atom is -0.506 e. The quantitative estimate of drug-likeness (QED) is 0.501. The van der Waals surface area contributed by atoms with Crippen LogP contribution in [0.4, 0.5) is 13.2 Å². The Morgan fingerprint density at radius 1 is 1.07 bits per heavy atom. The Bertz CT molecular complexity index is 1190. The van der Waals surface area contributed by atoms with Gasteiger partial charge >= 0.3 is 11.8 Å². The van der Waals surface area contributed by atoms with E-state index in [1.165, 1.54) is 12.1 Å². The first kappa shape index (κ1) is 17.3. The van der Waals surface area contributed by atoms with Gasteiger partial charge in [0.1, 0.15) is 11.3 Å². The number of fused-ring (bicyclic) bond motifs is 4. The molecule has 0 spiro atoms. The largest absolute Gasteiger partial charge is 0.506 e. The predicted octanol–water partition coefficient (Wildman–Crippen LogP) is 4.55. The maximum absolute atomic E-state index is 12.8. The summed E-state index contributed by atoms with van der Waals surface area (Å²) in [4.78, 5) is 23.5. The first-order valence-electron chi connectivity index (χ1n) is 8.09. The highest BCUT2D eigenvalue weighted by Crippen LogP contribution is 2.50. The second-order valence-corrected chi connectivity index (χ2v) is 7.00. The Morgan fingerprint density at radius 3 is 2.41 bits per heavy atom. The molecular formula is C20H13F3O4. The van der Waals surface area contributed by atoms with E-state index in [2.05, 4.69) is 0 Å². The van der Waals surface area contributed by atoms with Crippen LogP contribution < -0.4 is 5.63 Å². The Morgan fingerprint density at radius 2 is 1.74 bits per heavy atom. The van der Waals surface area contributed by atoms with Gasteiger partial charge < -0.3 is 9.52 Å². The molecule has 0 saturated heterocycles. The number of carbonyl (C=O) groups excluding carboxylic acids is 1. The standard InChI is InChI=1S/C20H13F3O4/c1-19(2)12-6-4-3-5-9(12)10-8-14-11(7-13(10)19)16(24)15(18(26)27-14)17(25)20(21,22)23/h3-8,24H,1-2H3. The molecule has 0 amide bonds. The summed E-state index contributed by atoms with van der Waals surface area (Å²) >= 11 is 0. The molecule has 138 valence electrons. The second kappa shape index (κ2) is 5.22. The minimum absolute atomic E-state index is 0.0810. The second-order valence-electron chi connectivity index (χ2n) is 7.00. The summed E-state index contributed by atoms with van der Waals surface area (Å²) in [5.41, 5.74) is -0.0396. The van der Waals surface area contributed by atoms with E-state index in [1.54, 1.807) is 0 Å². The molecule has 0 atom stereocenters. The monoisotopic (exact) mass is 374 g/mol. The zero-order chi connectivity index (χ0) is 19.7. The molecular weight excluding hydrogens is 361 g/mol. The lowest BCUT2D eigenvalue weighted by atomic mass is 9.82. The van der Waals surface area contributed by atoms with E-state index in [9.17, 15) is 27.9 Å². The summed E-state index contributed by atoms with van der Waals surface area (Å²) in [6, 6.07) is 10.6. The van der Waals surface area contributed by atoms with Crippen molar-refractivity contribution >= 4 is 16.8 Å². The van der Waals surface area contributed by atoms with Gasteiger partial charge in [-0.2, -0.15) is 13.2 Å². The van der Waals surface area contributed by atoms with Crippen molar-refractivity contribution in [2.24, 2.45) is 0 Å². The van der Waals surface area contributed by atoms with E-state index in [0.29, 0.717) is 0 Å². The molecule has 0 fully saturated rings. The van der Waals surface area contributed by atoms with Crippen LogP contribution in [0.2, 0.25) is 0 Å². The van der Waals surface area contributed by atoms with Gasteiger partial charge in [-0.3, -0.25) is 4.79 Å². The fourth-order valence-electron chi connectivity index (χ4n) is 3.72. The van der Waals surface area contributed by atoms with Gasteiger partial charge in [-0.15, -0.1) is 0 Å². The fourth-order valence-corrected chi connectivity index (χ4v) is 3.72. The van der Waals surface area contributed by atoms with Gasteiger partial charge in [-0.25, -0.2) is 4.79 Å². The normalized spacial score (nSPS) is 14.9. The van der Waals surface area contributed by atoms with Crippen molar-refractivity contribution in [3.8, 4) is 16.9 Å². The minimum atomic E-state index is -5.30. The molecule has 0 radical (unpaired) electrons. The number of halogens is 3. The summed E-state index contributed by atoms with van der Waals surface area (Å²) in [6.45, 7) is 3.89. The van der Waals surface area contributed by atoms with Crippen LogP contribution in [0.1, 0.15) is 35.3 Å². The van der Waals surface area contributed by atoms with Gasteiger partial charge in [-0.05, 0) is 34.4 Å². The van der Waals surface area contributed by atoms with E-state index in [1.807, 2.05) is 38.1 Å². The van der Waals surface area contributed by atoms with Crippen LogP contribution in [0.5, 0.6) is 5.75 Å². The molecule has 4 nitrogen and oxygen atoms in total. The number of benzene rings is 2. The molecule has 1 aliphatic rings. The number of ketones is 1. The SMILES string of the molecule is CC1(C)c2ccccc2-c2cc3oc(=O)c(C(=O)C(F)(F)F)c(O)c3cc21. The molecule has 1 heterocycles. The van der Waals surface area contributed by atoms with E-state index in [4.69, 9.17) is 4.42 Å². The Labute approximate surface area is 150 Å². The molecule has 3 aromatic rings. The summed E-state index contributed by atoms with van der Waals surface area (Å²) in [7, 11) is 0. The maximum atomic E-state index is 12.8. The lowest BCUT2D eigenvalue weighted by molar-refractivity contribution is -0.0888. The van der Waals surface area contributed by atoms with Crippen LogP contribution in [0.15, 0.2) is 45.6 Å². The highest BCUT2D eigenvalue weighted by Gasteiger charge is 2.44. The molecule has 0 unspecified atom stereocenters. The van der Waals surface area contributed by atoms with Crippen LogP contribution in [-0.2, 0) is 5.41 Å². The van der Waals surface area contributed by atoms with Gasteiger partial charge in [0.2, 0.25) is 0 Å². The molecule has 4 rings (SSSR count). The average Bonchev–Trinajstić information content (AvgIpc) is 2.80. The van der Waals surface area contributed by atoms with Crippen molar-refractivity contribution in [3.05, 3.63) is 63.5 Å². The Hall–Kier alpha value is -3.09. The molecule has 0 aliphatic heterocycles. The summed E-state index contributed by atoms with van der Waals surface area (Å²) in [5.74, 6) is -3.45. The number of Topliss-reactive ketones (excluding diaryl/α,β-unsaturated/α-hetero) is 1.